The number of nitrogens with one attached hydrogen (secondary N) is 2. The van der Waals surface area contributed by atoms with E-state index in [0.717, 1.165) is 16.5 Å². The van der Waals surface area contributed by atoms with Crippen LogP contribution in [-0.4, -0.2) is 33.4 Å². The summed E-state index contributed by atoms with van der Waals surface area (Å²) in [4.78, 5) is 34.4. The number of hydrogen-bond donors (Lipinski definition) is 2. The molecule has 4 rings (SSSR count). The molecule has 0 unspecified atom stereocenters. The van der Waals surface area contributed by atoms with Gasteiger partial charge in [-0.2, -0.15) is 0 Å². The SMILES string of the molecule is C[C@@H](NC(=O)CN1Cc2c(ccc(F)c2F)NC1=O)c1ccc2ncccc2n1. The predicted octanol–water partition coefficient (Wildman–Crippen LogP) is 3.13. The van der Waals surface area contributed by atoms with Gasteiger partial charge >= 0.3 is 6.03 Å². The van der Waals surface area contributed by atoms with Crippen molar-refractivity contribution in [2.45, 2.75) is 19.5 Å². The first-order valence-electron chi connectivity index (χ1n) is 8.96. The van der Waals surface area contributed by atoms with E-state index in [4.69, 9.17) is 0 Å². The lowest BCUT2D eigenvalue weighted by Crippen LogP contribution is -2.45. The van der Waals surface area contributed by atoms with Crippen LogP contribution in [0.15, 0.2) is 42.6 Å². The van der Waals surface area contributed by atoms with Gasteiger partial charge in [0.05, 0.1) is 35.0 Å². The fourth-order valence-electron chi connectivity index (χ4n) is 3.20. The molecule has 0 saturated heterocycles. The molecule has 1 aliphatic rings. The Kier molecular flexibility index (Phi) is 4.79. The number of benzene rings is 1. The smallest absolute Gasteiger partial charge is 0.322 e. The Balaban J connectivity index is 1.44. The number of carbonyl (C=O) groups is 2. The number of carbonyl (C=O) groups excluding carboxylic acids is 2. The summed E-state index contributed by atoms with van der Waals surface area (Å²) in [6, 6.07) is 8.45. The van der Waals surface area contributed by atoms with Crippen LogP contribution in [0, 0.1) is 11.6 Å². The zero-order chi connectivity index (χ0) is 20.5. The van der Waals surface area contributed by atoms with E-state index in [1.807, 2.05) is 12.1 Å². The second kappa shape index (κ2) is 7.42. The molecule has 1 aliphatic heterocycles. The summed E-state index contributed by atoms with van der Waals surface area (Å²) in [6.45, 7) is 1.26. The molecule has 148 valence electrons. The molecule has 3 amide bonds. The highest BCUT2D eigenvalue weighted by Gasteiger charge is 2.28. The van der Waals surface area contributed by atoms with Gasteiger partial charge in [-0.3, -0.25) is 9.78 Å². The number of halogens is 2. The van der Waals surface area contributed by atoms with Crippen LogP contribution in [0.3, 0.4) is 0 Å². The van der Waals surface area contributed by atoms with E-state index in [2.05, 4.69) is 20.6 Å². The van der Waals surface area contributed by atoms with Gasteiger partial charge in [-0.1, -0.05) is 0 Å². The van der Waals surface area contributed by atoms with Crippen molar-refractivity contribution in [1.82, 2.24) is 20.2 Å². The Bertz CT molecular complexity index is 1120. The molecule has 0 aliphatic carbocycles. The Morgan fingerprint density at radius 1 is 1.24 bits per heavy atom. The average molecular weight is 397 g/mol. The van der Waals surface area contributed by atoms with Gasteiger partial charge < -0.3 is 15.5 Å². The lowest BCUT2D eigenvalue weighted by Gasteiger charge is -2.29. The molecule has 9 heteroatoms. The van der Waals surface area contributed by atoms with E-state index in [-0.39, 0.29) is 24.3 Å². The van der Waals surface area contributed by atoms with Crippen molar-refractivity contribution in [3.05, 3.63) is 65.5 Å². The second-order valence-electron chi connectivity index (χ2n) is 6.74. The van der Waals surface area contributed by atoms with Crippen molar-refractivity contribution in [3.63, 3.8) is 0 Å². The van der Waals surface area contributed by atoms with Gasteiger partial charge in [0.15, 0.2) is 11.6 Å². The van der Waals surface area contributed by atoms with Crippen LogP contribution in [0.2, 0.25) is 0 Å². The maximum Gasteiger partial charge on any atom is 0.322 e. The van der Waals surface area contributed by atoms with E-state index < -0.39 is 29.6 Å². The van der Waals surface area contributed by atoms with Gasteiger partial charge in [-0.25, -0.2) is 18.6 Å². The van der Waals surface area contributed by atoms with E-state index in [1.165, 1.54) is 6.07 Å². The highest BCUT2D eigenvalue weighted by molar-refractivity contribution is 5.95. The summed E-state index contributed by atoms with van der Waals surface area (Å²) < 4.78 is 27.5. The lowest BCUT2D eigenvalue weighted by atomic mass is 10.1. The van der Waals surface area contributed by atoms with E-state index in [9.17, 15) is 18.4 Å². The molecule has 1 atom stereocenters. The number of pyridine rings is 2. The number of aromatic nitrogens is 2. The molecular formula is C20H17F2N5O2. The summed E-state index contributed by atoms with van der Waals surface area (Å²) in [5.41, 5.74) is 2.30. The maximum atomic E-state index is 14.0. The number of hydrogen-bond acceptors (Lipinski definition) is 4. The molecule has 0 spiro atoms. The average Bonchev–Trinajstić information content (AvgIpc) is 2.71. The number of anilines is 1. The van der Waals surface area contributed by atoms with Crippen LogP contribution >= 0.6 is 0 Å². The second-order valence-corrected chi connectivity index (χ2v) is 6.74. The Morgan fingerprint density at radius 2 is 2.07 bits per heavy atom. The van der Waals surface area contributed by atoms with Crippen LogP contribution < -0.4 is 10.6 Å². The molecule has 3 heterocycles. The Hall–Kier alpha value is -3.62. The molecular weight excluding hydrogens is 380 g/mol. The van der Waals surface area contributed by atoms with Crippen molar-refractivity contribution in [2.75, 3.05) is 11.9 Å². The summed E-state index contributed by atoms with van der Waals surface area (Å²) in [5.74, 6) is -2.48. The number of amides is 3. The van der Waals surface area contributed by atoms with E-state index >= 15 is 0 Å². The number of rotatable bonds is 4. The minimum Gasteiger partial charge on any atom is -0.346 e. The van der Waals surface area contributed by atoms with Crippen LogP contribution in [0.5, 0.6) is 0 Å². The van der Waals surface area contributed by atoms with Crippen molar-refractivity contribution in [2.24, 2.45) is 0 Å². The predicted molar refractivity (Wildman–Crippen MR) is 102 cm³/mol. The molecule has 1 aromatic carbocycles. The largest absolute Gasteiger partial charge is 0.346 e. The number of fused-ring (bicyclic) bond motifs is 2. The van der Waals surface area contributed by atoms with Crippen molar-refractivity contribution in [3.8, 4) is 0 Å². The fraction of sp³-hybridized carbons (Fsp3) is 0.200. The third-order valence-corrected chi connectivity index (χ3v) is 4.71. The normalized spacial score (nSPS) is 14.3. The number of nitrogens with zero attached hydrogens (tertiary/aromatic N) is 3. The molecule has 2 aromatic heterocycles. The lowest BCUT2D eigenvalue weighted by molar-refractivity contribution is -0.122. The van der Waals surface area contributed by atoms with Crippen molar-refractivity contribution >= 4 is 28.7 Å². The first-order chi connectivity index (χ1) is 13.9. The van der Waals surface area contributed by atoms with E-state index in [1.54, 1.807) is 25.3 Å². The van der Waals surface area contributed by atoms with E-state index in [0.29, 0.717) is 11.2 Å². The quantitative estimate of drug-likeness (QED) is 0.708. The molecule has 0 fully saturated rings. The van der Waals surface area contributed by atoms with Crippen LogP contribution in [0.1, 0.15) is 24.2 Å². The monoisotopic (exact) mass is 397 g/mol. The van der Waals surface area contributed by atoms with Gasteiger partial charge in [0.2, 0.25) is 5.91 Å². The number of urea groups is 1. The highest BCUT2D eigenvalue weighted by atomic mass is 19.2. The first-order valence-corrected chi connectivity index (χ1v) is 8.96. The zero-order valence-corrected chi connectivity index (χ0v) is 15.4. The third-order valence-electron chi connectivity index (χ3n) is 4.71. The summed E-state index contributed by atoms with van der Waals surface area (Å²) in [5, 5.41) is 5.24. The zero-order valence-electron chi connectivity index (χ0n) is 15.4. The summed E-state index contributed by atoms with van der Waals surface area (Å²) in [7, 11) is 0. The third kappa shape index (κ3) is 3.71. The first kappa shape index (κ1) is 18.7. The molecule has 7 nitrogen and oxygen atoms in total. The fourth-order valence-corrected chi connectivity index (χ4v) is 3.20. The minimum atomic E-state index is -1.03. The summed E-state index contributed by atoms with van der Waals surface area (Å²) >= 11 is 0. The topological polar surface area (TPSA) is 87.2 Å². The maximum absolute atomic E-state index is 14.0. The van der Waals surface area contributed by atoms with Crippen LogP contribution in [0.4, 0.5) is 19.3 Å². The molecule has 0 bridgehead atoms. The van der Waals surface area contributed by atoms with Crippen molar-refractivity contribution in [1.29, 1.82) is 0 Å². The van der Waals surface area contributed by atoms with Gasteiger partial charge in [0.1, 0.15) is 6.54 Å². The molecule has 0 saturated carbocycles. The standard InChI is InChI=1S/C20H17F2N5O2/c1-11(14-6-7-16-17(25-14)3-2-8-23-16)24-18(28)10-27-9-12-15(26-20(27)29)5-4-13(21)19(12)22/h2-8,11H,9-10H2,1H3,(H,24,28)(H,26,29)/t11-/m1/s1. The molecule has 0 radical (unpaired) electrons. The highest BCUT2D eigenvalue weighted by Crippen LogP contribution is 2.27. The molecule has 29 heavy (non-hydrogen) atoms. The Morgan fingerprint density at radius 3 is 2.90 bits per heavy atom. The van der Waals surface area contributed by atoms with Gasteiger partial charge in [0, 0.05) is 11.8 Å². The van der Waals surface area contributed by atoms with Gasteiger partial charge in [-0.15, -0.1) is 0 Å². The van der Waals surface area contributed by atoms with Gasteiger partial charge in [0.25, 0.3) is 0 Å². The van der Waals surface area contributed by atoms with Crippen LogP contribution in [-0.2, 0) is 11.3 Å². The van der Waals surface area contributed by atoms with Crippen LogP contribution in [0.25, 0.3) is 11.0 Å². The summed E-state index contributed by atoms with van der Waals surface area (Å²) in [6.07, 6.45) is 1.67. The molecule has 2 N–H and O–H groups in total. The van der Waals surface area contributed by atoms with Crippen molar-refractivity contribution < 1.29 is 18.4 Å². The molecule has 3 aromatic rings. The van der Waals surface area contributed by atoms with Gasteiger partial charge in [-0.05, 0) is 43.3 Å². The minimum absolute atomic E-state index is 0.00847. The Labute approximate surface area is 164 Å².